The number of nitrogens with one attached hydrogen (secondary N) is 2. The van der Waals surface area contributed by atoms with E-state index in [-0.39, 0.29) is 5.91 Å². The topological polar surface area (TPSA) is 94.0 Å². The highest BCUT2D eigenvalue weighted by molar-refractivity contribution is 6.00. The van der Waals surface area contributed by atoms with E-state index in [1.807, 2.05) is 22.9 Å². The second kappa shape index (κ2) is 8.37. The van der Waals surface area contributed by atoms with Crippen molar-refractivity contribution in [2.45, 2.75) is 57.4 Å². The van der Waals surface area contributed by atoms with E-state index in [0.717, 1.165) is 42.2 Å². The Kier molecular flexibility index (Phi) is 5.50. The van der Waals surface area contributed by atoms with Crippen molar-refractivity contribution in [2.75, 3.05) is 23.8 Å². The number of anilines is 2. The van der Waals surface area contributed by atoms with Gasteiger partial charge in [-0.15, -0.1) is 5.10 Å². The molecule has 1 aliphatic heterocycles. The summed E-state index contributed by atoms with van der Waals surface area (Å²) in [7, 11) is 0. The normalized spacial score (nSPS) is 17.1. The molecule has 0 spiro atoms. The molecule has 2 N–H and O–H groups in total. The molecule has 0 radical (unpaired) electrons. The van der Waals surface area contributed by atoms with Gasteiger partial charge in [0, 0.05) is 12.5 Å². The number of rotatable bonds is 7. The SMILES string of the molecule is O=C1CNc2cc(OCCCCc3nnnn3C3CCCCC3)ccc2N1. The lowest BCUT2D eigenvalue weighted by atomic mass is 9.95. The number of unbranched alkanes of at least 4 members (excludes halogenated alkanes) is 1. The van der Waals surface area contributed by atoms with Crippen molar-refractivity contribution >= 4 is 17.3 Å². The van der Waals surface area contributed by atoms with Crippen LogP contribution in [0.2, 0.25) is 0 Å². The van der Waals surface area contributed by atoms with Crippen LogP contribution in [0.25, 0.3) is 0 Å². The average Bonchev–Trinajstić information content (AvgIpc) is 3.17. The smallest absolute Gasteiger partial charge is 0.243 e. The Labute approximate surface area is 158 Å². The third kappa shape index (κ3) is 4.37. The van der Waals surface area contributed by atoms with Gasteiger partial charge in [0.25, 0.3) is 0 Å². The highest BCUT2D eigenvalue weighted by Gasteiger charge is 2.19. The number of hydrogen-bond donors (Lipinski definition) is 2. The van der Waals surface area contributed by atoms with Crippen molar-refractivity contribution < 1.29 is 9.53 Å². The zero-order chi connectivity index (χ0) is 18.5. The zero-order valence-electron chi connectivity index (χ0n) is 15.5. The molecular formula is C19H26N6O2. The molecule has 1 saturated carbocycles. The maximum absolute atomic E-state index is 11.4. The molecule has 8 heteroatoms. The van der Waals surface area contributed by atoms with E-state index in [2.05, 4.69) is 26.2 Å². The molecule has 0 atom stereocenters. The Morgan fingerprint density at radius 2 is 2.04 bits per heavy atom. The summed E-state index contributed by atoms with van der Waals surface area (Å²) in [5.74, 6) is 1.78. The van der Waals surface area contributed by atoms with Crippen LogP contribution in [0.5, 0.6) is 5.75 Å². The van der Waals surface area contributed by atoms with Gasteiger partial charge >= 0.3 is 0 Å². The van der Waals surface area contributed by atoms with Crippen LogP contribution in [0.4, 0.5) is 11.4 Å². The first-order valence-corrected chi connectivity index (χ1v) is 9.87. The summed E-state index contributed by atoms with van der Waals surface area (Å²) < 4.78 is 7.90. The minimum Gasteiger partial charge on any atom is -0.494 e. The van der Waals surface area contributed by atoms with E-state index in [0.29, 0.717) is 19.2 Å². The van der Waals surface area contributed by atoms with Crippen molar-refractivity contribution in [1.29, 1.82) is 0 Å². The molecule has 0 saturated heterocycles. The van der Waals surface area contributed by atoms with Crippen LogP contribution < -0.4 is 15.4 Å². The lowest BCUT2D eigenvalue weighted by Gasteiger charge is -2.22. The number of ether oxygens (including phenoxy) is 1. The van der Waals surface area contributed by atoms with Gasteiger partial charge in [-0.1, -0.05) is 19.3 Å². The van der Waals surface area contributed by atoms with E-state index in [9.17, 15) is 4.79 Å². The fourth-order valence-corrected chi connectivity index (χ4v) is 3.80. The summed E-state index contributed by atoms with van der Waals surface area (Å²) in [6.07, 6.45) is 9.07. The monoisotopic (exact) mass is 370 g/mol. The molecule has 1 aromatic carbocycles. The minimum absolute atomic E-state index is 0.0215. The number of aryl methyl sites for hydroxylation is 1. The Morgan fingerprint density at radius 1 is 1.15 bits per heavy atom. The first-order valence-electron chi connectivity index (χ1n) is 9.87. The number of aromatic nitrogens is 4. The summed E-state index contributed by atoms with van der Waals surface area (Å²) in [5.41, 5.74) is 1.70. The predicted molar refractivity (Wildman–Crippen MR) is 102 cm³/mol. The van der Waals surface area contributed by atoms with Gasteiger partial charge in [-0.2, -0.15) is 0 Å². The quantitative estimate of drug-likeness (QED) is 0.728. The summed E-state index contributed by atoms with van der Waals surface area (Å²) >= 11 is 0. The molecule has 4 rings (SSSR count). The highest BCUT2D eigenvalue weighted by Crippen LogP contribution is 2.29. The third-order valence-corrected chi connectivity index (χ3v) is 5.25. The second-order valence-electron chi connectivity index (χ2n) is 7.25. The number of nitrogens with zero attached hydrogens (tertiary/aromatic N) is 4. The molecule has 0 bridgehead atoms. The number of fused-ring (bicyclic) bond motifs is 1. The summed E-state index contributed by atoms with van der Waals surface area (Å²) in [4.78, 5) is 11.4. The van der Waals surface area contributed by atoms with Crippen LogP contribution in [0, 0.1) is 0 Å². The Balaban J connectivity index is 1.22. The molecule has 27 heavy (non-hydrogen) atoms. The number of carbonyl (C=O) groups is 1. The molecule has 2 heterocycles. The van der Waals surface area contributed by atoms with Crippen LogP contribution in [0.1, 0.15) is 56.8 Å². The molecule has 8 nitrogen and oxygen atoms in total. The third-order valence-electron chi connectivity index (χ3n) is 5.25. The number of carbonyl (C=O) groups excluding carboxylic acids is 1. The largest absolute Gasteiger partial charge is 0.494 e. The van der Waals surface area contributed by atoms with Crippen molar-refractivity contribution in [1.82, 2.24) is 20.2 Å². The van der Waals surface area contributed by atoms with Gasteiger partial charge in [-0.05, 0) is 48.2 Å². The lowest BCUT2D eigenvalue weighted by Crippen LogP contribution is -2.27. The molecule has 2 aliphatic rings. The number of tetrazole rings is 1. The van der Waals surface area contributed by atoms with Gasteiger partial charge in [-0.25, -0.2) is 4.68 Å². The van der Waals surface area contributed by atoms with Crippen LogP contribution in [-0.2, 0) is 11.2 Å². The molecule has 1 aliphatic carbocycles. The van der Waals surface area contributed by atoms with Crippen LogP contribution >= 0.6 is 0 Å². The molecule has 2 aromatic rings. The molecule has 1 fully saturated rings. The first-order chi connectivity index (χ1) is 13.3. The number of benzene rings is 1. The lowest BCUT2D eigenvalue weighted by molar-refractivity contribution is -0.114. The number of amides is 1. The number of hydrogen-bond acceptors (Lipinski definition) is 6. The van der Waals surface area contributed by atoms with Crippen LogP contribution in [0.3, 0.4) is 0 Å². The van der Waals surface area contributed by atoms with E-state index >= 15 is 0 Å². The van der Waals surface area contributed by atoms with Crippen molar-refractivity contribution in [2.24, 2.45) is 0 Å². The second-order valence-corrected chi connectivity index (χ2v) is 7.25. The fraction of sp³-hybridized carbons (Fsp3) is 0.579. The van der Waals surface area contributed by atoms with E-state index in [1.165, 1.54) is 32.1 Å². The standard InChI is InChI=1S/C19H26N6O2/c26-19-13-20-17-12-15(9-10-16(17)21-19)27-11-5-4-8-18-22-23-24-25(18)14-6-2-1-3-7-14/h9-10,12,14,20H,1-8,11,13H2,(H,21,26). The van der Waals surface area contributed by atoms with Crippen molar-refractivity contribution in [3.8, 4) is 5.75 Å². The Hall–Kier alpha value is -2.64. The van der Waals surface area contributed by atoms with E-state index in [1.54, 1.807) is 0 Å². The average molecular weight is 370 g/mol. The fourth-order valence-electron chi connectivity index (χ4n) is 3.80. The zero-order valence-corrected chi connectivity index (χ0v) is 15.5. The molecular weight excluding hydrogens is 344 g/mol. The van der Waals surface area contributed by atoms with Gasteiger partial charge in [0.05, 0.1) is 30.6 Å². The summed E-state index contributed by atoms with van der Waals surface area (Å²) in [6.45, 7) is 0.947. The van der Waals surface area contributed by atoms with Crippen LogP contribution in [-0.4, -0.2) is 39.3 Å². The van der Waals surface area contributed by atoms with Gasteiger partial charge in [0.1, 0.15) is 5.75 Å². The Bertz CT molecular complexity index is 784. The van der Waals surface area contributed by atoms with Gasteiger partial charge in [0.15, 0.2) is 5.82 Å². The summed E-state index contributed by atoms with van der Waals surface area (Å²) in [6, 6.07) is 6.16. The van der Waals surface area contributed by atoms with E-state index in [4.69, 9.17) is 4.74 Å². The minimum atomic E-state index is -0.0215. The maximum atomic E-state index is 11.4. The van der Waals surface area contributed by atoms with Crippen molar-refractivity contribution in [3.63, 3.8) is 0 Å². The van der Waals surface area contributed by atoms with Gasteiger partial charge in [-0.3, -0.25) is 4.79 Å². The molecule has 0 unspecified atom stereocenters. The summed E-state index contributed by atoms with van der Waals surface area (Å²) in [5, 5.41) is 18.3. The molecule has 1 aromatic heterocycles. The molecule has 144 valence electrons. The first kappa shape index (κ1) is 17.8. The predicted octanol–water partition coefficient (Wildman–Crippen LogP) is 2.94. The highest BCUT2D eigenvalue weighted by atomic mass is 16.5. The maximum Gasteiger partial charge on any atom is 0.243 e. The van der Waals surface area contributed by atoms with Crippen molar-refractivity contribution in [3.05, 3.63) is 24.0 Å². The van der Waals surface area contributed by atoms with Gasteiger partial charge in [0.2, 0.25) is 5.91 Å². The van der Waals surface area contributed by atoms with Crippen LogP contribution in [0.15, 0.2) is 18.2 Å². The van der Waals surface area contributed by atoms with Gasteiger partial charge < -0.3 is 15.4 Å². The Morgan fingerprint density at radius 3 is 2.93 bits per heavy atom. The molecule has 1 amide bonds. The van der Waals surface area contributed by atoms with E-state index < -0.39 is 0 Å².